The van der Waals surface area contributed by atoms with Crippen molar-refractivity contribution in [1.29, 1.82) is 0 Å². The van der Waals surface area contributed by atoms with Gasteiger partial charge in [0.2, 0.25) is 0 Å². The second kappa shape index (κ2) is 8.19. The summed E-state index contributed by atoms with van der Waals surface area (Å²) in [6.45, 7) is 1.62. The van der Waals surface area contributed by atoms with E-state index in [1.54, 1.807) is 13.3 Å². The van der Waals surface area contributed by atoms with Gasteiger partial charge < -0.3 is 23.9 Å². The van der Waals surface area contributed by atoms with E-state index in [4.69, 9.17) is 18.6 Å². The maximum Gasteiger partial charge on any atom is 0.147 e. The third-order valence-electron chi connectivity index (χ3n) is 4.47. The number of para-hydroxylation sites is 1. The minimum Gasteiger partial charge on any atom is -0.495 e. The van der Waals surface area contributed by atoms with Gasteiger partial charge in [-0.25, -0.2) is 4.98 Å². The Morgan fingerprint density at radius 3 is 2.68 bits per heavy atom. The standard InChI is InChI=1S/C22H22N2O4/c1-23-9-10-26-16-12-22(25-2)19(24-13-16)14-27-15-7-8-21-18(11-15)17-5-3-4-6-20(17)28-21/h3-8,11-13,23H,9-10,14H2,1-2H3. The first-order chi connectivity index (χ1) is 13.8. The molecule has 0 atom stereocenters. The van der Waals surface area contributed by atoms with Crippen molar-refractivity contribution in [2.75, 3.05) is 27.3 Å². The average Bonchev–Trinajstić information content (AvgIpc) is 3.11. The van der Waals surface area contributed by atoms with Crippen LogP contribution in [0.15, 0.2) is 59.1 Å². The van der Waals surface area contributed by atoms with Crippen LogP contribution in [-0.4, -0.2) is 32.3 Å². The van der Waals surface area contributed by atoms with Crippen LogP contribution in [0.1, 0.15) is 5.69 Å². The molecule has 0 fully saturated rings. The fourth-order valence-corrected chi connectivity index (χ4v) is 3.04. The summed E-state index contributed by atoms with van der Waals surface area (Å²) in [5.41, 5.74) is 2.42. The summed E-state index contributed by atoms with van der Waals surface area (Å²) < 4.78 is 22.9. The largest absolute Gasteiger partial charge is 0.495 e. The van der Waals surface area contributed by atoms with Crippen LogP contribution >= 0.6 is 0 Å². The number of rotatable bonds is 8. The lowest BCUT2D eigenvalue weighted by Gasteiger charge is -2.12. The van der Waals surface area contributed by atoms with Crippen molar-refractivity contribution >= 4 is 21.9 Å². The lowest BCUT2D eigenvalue weighted by Crippen LogP contribution is -2.16. The molecule has 0 bridgehead atoms. The van der Waals surface area contributed by atoms with Crippen LogP contribution in [0.25, 0.3) is 21.9 Å². The molecule has 0 aliphatic rings. The molecule has 1 N–H and O–H groups in total. The Morgan fingerprint density at radius 2 is 1.82 bits per heavy atom. The zero-order valence-electron chi connectivity index (χ0n) is 15.9. The summed E-state index contributed by atoms with van der Waals surface area (Å²) in [6, 6.07) is 15.6. The molecule has 2 aromatic carbocycles. The second-order valence-electron chi connectivity index (χ2n) is 6.32. The zero-order chi connectivity index (χ0) is 19.3. The molecular formula is C22H22N2O4. The predicted octanol–water partition coefficient (Wildman–Crippen LogP) is 4.17. The van der Waals surface area contributed by atoms with Crippen molar-refractivity contribution in [3.8, 4) is 17.2 Å². The van der Waals surface area contributed by atoms with Crippen LogP contribution in [0.4, 0.5) is 0 Å². The summed E-state index contributed by atoms with van der Waals surface area (Å²) in [7, 11) is 3.49. The molecule has 6 nitrogen and oxygen atoms in total. The SMILES string of the molecule is CNCCOc1cnc(COc2ccc3oc4ccccc4c3c2)c(OC)c1. The molecule has 0 amide bonds. The summed E-state index contributed by atoms with van der Waals surface area (Å²) in [4.78, 5) is 4.43. The van der Waals surface area contributed by atoms with Gasteiger partial charge in [0.15, 0.2) is 0 Å². The molecule has 0 unspecified atom stereocenters. The number of nitrogens with zero attached hydrogens (tertiary/aromatic N) is 1. The number of likely N-dealkylation sites (N-methyl/N-ethyl adjacent to an activating group) is 1. The van der Waals surface area contributed by atoms with Crippen molar-refractivity contribution in [3.05, 3.63) is 60.4 Å². The van der Waals surface area contributed by atoms with Crippen molar-refractivity contribution < 1.29 is 18.6 Å². The number of furan rings is 1. The Bertz CT molecular complexity index is 1090. The highest BCUT2D eigenvalue weighted by Crippen LogP contribution is 2.32. The molecule has 0 radical (unpaired) electrons. The lowest BCUT2D eigenvalue weighted by molar-refractivity contribution is 0.286. The first-order valence-electron chi connectivity index (χ1n) is 9.13. The van der Waals surface area contributed by atoms with Crippen LogP contribution in [0, 0.1) is 0 Å². The Morgan fingerprint density at radius 1 is 0.964 bits per heavy atom. The minimum absolute atomic E-state index is 0.293. The molecule has 0 aliphatic heterocycles. The van der Waals surface area contributed by atoms with E-state index in [9.17, 15) is 0 Å². The van der Waals surface area contributed by atoms with Gasteiger partial charge in [0, 0.05) is 23.4 Å². The summed E-state index contributed by atoms with van der Waals surface area (Å²) in [5, 5.41) is 5.13. The van der Waals surface area contributed by atoms with Gasteiger partial charge >= 0.3 is 0 Å². The molecule has 0 aliphatic carbocycles. The first-order valence-corrected chi connectivity index (χ1v) is 9.13. The Balaban J connectivity index is 1.51. The smallest absolute Gasteiger partial charge is 0.147 e. The highest BCUT2D eigenvalue weighted by Gasteiger charge is 2.10. The van der Waals surface area contributed by atoms with Gasteiger partial charge in [-0.2, -0.15) is 0 Å². The normalized spacial score (nSPS) is 11.1. The second-order valence-corrected chi connectivity index (χ2v) is 6.32. The van der Waals surface area contributed by atoms with Crippen LogP contribution in [0.5, 0.6) is 17.2 Å². The van der Waals surface area contributed by atoms with Gasteiger partial charge in [0.25, 0.3) is 0 Å². The third kappa shape index (κ3) is 3.73. The molecule has 0 spiro atoms. The van der Waals surface area contributed by atoms with Crippen molar-refractivity contribution in [1.82, 2.24) is 10.3 Å². The quantitative estimate of drug-likeness (QED) is 0.464. The van der Waals surface area contributed by atoms with Gasteiger partial charge in [-0.1, -0.05) is 18.2 Å². The molecule has 28 heavy (non-hydrogen) atoms. The summed E-state index contributed by atoms with van der Waals surface area (Å²) >= 11 is 0. The third-order valence-corrected chi connectivity index (χ3v) is 4.47. The van der Waals surface area contributed by atoms with Crippen LogP contribution < -0.4 is 19.5 Å². The molecule has 2 aromatic heterocycles. The van der Waals surface area contributed by atoms with E-state index in [-0.39, 0.29) is 0 Å². The number of ether oxygens (including phenoxy) is 3. The number of benzene rings is 2. The van der Waals surface area contributed by atoms with E-state index < -0.39 is 0 Å². The van der Waals surface area contributed by atoms with Crippen molar-refractivity contribution in [2.45, 2.75) is 6.61 Å². The number of hydrogen-bond donors (Lipinski definition) is 1. The molecule has 0 saturated carbocycles. The van der Waals surface area contributed by atoms with E-state index in [1.807, 2.05) is 55.6 Å². The van der Waals surface area contributed by atoms with E-state index >= 15 is 0 Å². The van der Waals surface area contributed by atoms with Crippen molar-refractivity contribution in [2.24, 2.45) is 0 Å². The molecule has 2 heterocycles. The van der Waals surface area contributed by atoms with E-state index in [2.05, 4.69) is 10.3 Å². The Labute approximate surface area is 163 Å². The summed E-state index contributed by atoms with van der Waals surface area (Å²) in [5.74, 6) is 2.05. The highest BCUT2D eigenvalue weighted by molar-refractivity contribution is 6.05. The highest BCUT2D eigenvalue weighted by atomic mass is 16.5. The van der Waals surface area contributed by atoms with Gasteiger partial charge in [-0.15, -0.1) is 0 Å². The van der Waals surface area contributed by atoms with Gasteiger partial charge in [0.05, 0.1) is 13.3 Å². The minimum atomic E-state index is 0.293. The van der Waals surface area contributed by atoms with Gasteiger partial charge in [0.1, 0.15) is 47.3 Å². The molecular weight excluding hydrogens is 356 g/mol. The number of methoxy groups -OCH3 is 1. The average molecular weight is 378 g/mol. The Hall–Kier alpha value is -3.25. The number of fused-ring (bicyclic) bond motifs is 3. The maximum atomic E-state index is 5.96. The van der Waals surface area contributed by atoms with Gasteiger partial charge in [-0.3, -0.25) is 0 Å². The number of nitrogens with one attached hydrogen (secondary N) is 1. The zero-order valence-corrected chi connectivity index (χ0v) is 15.9. The van der Waals surface area contributed by atoms with E-state index in [1.165, 1.54) is 0 Å². The molecule has 4 rings (SSSR count). The first kappa shape index (κ1) is 18.1. The van der Waals surface area contributed by atoms with Crippen LogP contribution in [0.2, 0.25) is 0 Å². The number of pyridine rings is 1. The lowest BCUT2D eigenvalue weighted by atomic mass is 10.1. The van der Waals surface area contributed by atoms with Gasteiger partial charge in [-0.05, 0) is 31.3 Å². The monoisotopic (exact) mass is 378 g/mol. The molecule has 144 valence electrons. The maximum absolute atomic E-state index is 5.96. The fourth-order valence-electron chi connectivity index (χ4n) is 3.04. The van der Waals surface area contributed by atoms with E-state index in [0.29, 0.717) is 30.4 Å². The van der Waals surface area contributed by atoms with E-state index in [0.717, 1.165) is 34.2 Å². The predicted molar refractivity (Wildman–Crippen MR) is 108 cm³/mol. The fraction of sp³-hybridized carbons (Fsp3) is 0.227. The van der Waals surface area contributed by atoms with Crippen LogP contribution in [0.3, 0.4) is 0 Å². The topological polar surface area (TPSA) is 65.8 Å². The molecule has 6 heteroatoms. The van der Waals surface area contributed by atoms with Crippen LogP contribution in [-0.2, 0) is 6.61 Å². The number of aromatic nitrogens is 1. The summed E-state index contributed by atoms with van der Waals surface area (Å²) in [6.07, 6.45) is 1.68. The molecule has 4 aromatic rings. The Kier molecular flexibility index (Phi) is 5.30. The molecule has 0 saturated heterocycles. The number of hydrogen-bond acceptors (Lipinski definition) is 6. The van der Waals surface area contributed by atoms with Crippen molar-refractivity contribution in [3.63, 3.8) is 0 Å².